The fourth-order valence-electron chi connectivity index (χ4n) is 1.94. The maximum atomic E-state index is 4.81. The molecule has 0 aliphatic heterocycles. The Kier molecular flexibility index (Phi) is 6.65. The molecule has 3 nitrogen and oxygen atoms in total. The van der Waals surface area contributed by atoms with E-state index in [4.69, 9.17) is 4.98 Å². The maximum Gasteiger partial charge on any atom is 0.185 e. The molecule has 0 aliphatic rings. The summed E-state index contributed by atoms with van der Waals surface area (Å²) >= 11 is 1.85. The Morgan fingerprint density at radius 2 is 2.00 bits per heavy atom. The summed E-state index contributed by atoms with van der Waals surface area (Å²) < 4.78 is 0. The van der Waals surface area contributed by atoms with Gasteiger partial charge in [0.2, 0.25) is 0 Å². The van der Waals surface area contributed by atoms with Gasteiger partial charge in [-0.1, -0.05) is 27.7 Å². The molecule has 104 valence electrons. The standard InChI is InChI=1S/C14H27N3S/c1-6-12-13(9-15-7-2)18-14(16-12)17(8-3)10-11(4)5/h11,15H,6-10H2,1-5H3. The first-order valence-electron chi connectivity index (χ1n) is 7.06. The molecule has 1 aromatic rings. The molecular formula is C14H27N3S. The van der Waals surface area contributed by atoms with Crippen LogP contribution in [0.5, 0.6) is 0 Å². The van der Waals surface area contributed by atoms with Crippen LogP contribution in [-0.4, -0.2) is 24.6 Å². The number of aryl methyl sites for hydroxylation is 1. The summed E-state index contributed by atoms with van der Waals surface area (Å²) in [4.78, 5) is 8.60. The third-order valence-electron chi connectivity index (χ3n) is 2.88. The highest BCUT2D eigenvalue weighted by Gasteiger charge is 2.14. The van der Waals surface area contributed by atoms with Gasteiger partial charge < -0.3 is 10.2 Å². The van der Waals surface area contributed by atoms with E-state index in [0.29, 0.717) is 5.92 Å². The molecule has 0 saturated heterocycles. The monoisotopic (exact) mass is 269 g/mol. The summed E-state index contributed by atoms with van der Waals surface area (Å²) in [6, 6.07) is 0. The van der Waals surface area contributed by atoms with Crippen molar-refractivity contribution in [3.8, 4) is 0 Å². The van der Waals surface area contributed by atoms with E-state index in [1.54, 1.807) is 0 Å². The van der Waals surface area contributed by atoms with Gasteiger partial charge in [0, 0.05) is 24.5 Å². The Hall–Kier alpha value is -0.610. The summed E-state index contributed by atoms with van der Waals surface area (Å²) in [7, 11) is 0. The van der Waals surface area contributed by atoms with E-state index in [0.717, 1.165) is 32.6 Å². The highest BCUT2D eigenvalue weighted by atomic mass is 32.1. The molecule has 1 N–H and O–H groups in total. The normalized spacial score (nSPS) is 11.2. The van der Waals surface area contributed by atoms with E-state index >= 15 is 0 Å². The van der Waals surface area contributed by atoms with Crippen LogP contribution in [0.1, 0.15) is 45.2 Å². The number of rotatable bonds is 8. The Bertz CT molecular complexity index is 347. The van der Waals surface area contributed by atoms with Crippen LogP contribution < -0.4 is 10.2 Å². The van der Waals surface area contributed by atoms with Crippen molar-refractivity contribution in [2.45, 2.75) is 47.6 Å². The van der Waals surface area contributed by atoms with Gasteiger partial charge in [0.25, 0.3) is 0 Å². The lowest BCUT2D eigenvalue weighted by molar-refractivity contribution is 0.617. The molecule has 4 heteroatoms. The van der Waals surface area contributed by atoms with Crippen molar-refractivity contribution in [1.82, 2.24) is 10.3 Å². The molecule has 0 bridgehead atoms. The molecule has 0 aliphatic carbocycles. The van der Waals surface area contributed by atoms with Gasteiger partial charge in [-0.05, 0) is 25.8 Å². The SMILES string of the molecule is CCNCc1sc(N(CC)CC(C)C)nc1CC. The molecule has 0 saturated carbocycles. The Balaban J connectivity index is 2.84. The first kappa shape index (κ1) is 15.4. The fourth-order valence-corrected chi connectivity index (χ4v) is 3.13. The first-order chi connectivity index (χ1) is 8.62. The molecule has 0 amide bonds. The molecule has 1 heterocycles. The number of thiazole rings is 1. The van der Waals surface area contributed by atoms with Gasteiger partial charge in [-0.25, -0.2) is 4.98 Å². The summed E-state index contributed by atoms with van der Waals surface area (Å²) in [6.07, 6.45) is 1.02. The third kappa shape index (κ3) is 4.25. The molecular weight excluding hydrogens is 242 g/mol. The number of anilines is 1. The average Bonchev–Trinajstić information content (AvgIpc) is 2.76. The van der Waals surface area contributed by atoms with E-state index in [1.807, 2.05) is 11.3 Å². The largest absolute Gasteiger partial charge is 0.348 e. The Labute approximate surface area is 116 Å². The highest BCUT2D eigenvalue weighted by Crippen LogP contribution is 2.27. The minimum Gasteiger partial charge on any atom is -0.348 e. The van der Waals surface area contributed by atoms with Crippen molar-refractivity contribution in [3.05, 3.63) is 10.6 Å². The quantitative estimate of drug-likeness (QED) is 0.785. The molecule has 0 radical (unpaired) electrons. The summed E-state index contributed by atoms with van der Waals surface area (Å²) in [5, 5.41) is 4.59. The van der Waals surface area contributed by atoms with Gasteiger partial charge in [0.15, 0.2) is 5.13 Å². The van der Waals surface area contributed by atoms with Crippen molar-refractivity contribution >= 4 is 16.5 Å². The Morgan fingerprint density at radius 1 is 1.28 bits per heavy atom. The lowest BCUT2D eigenvalue weighted by Crippen LogP contribution is -2.27. The lowest BCUT2D eigenvalue weighted by Gasteiger charge is -2.21. The second-order valence-corrected chi connectivity index (χ2v) is 5.99. The van der Waals surface area contributed by atoms with Gasteiger partial charge in [0.05, 0.1) is 5.69 Å². The zero-order valence-electron chi connectivity index (χ0n) is 12.4. The number of hydrogen-bond acceptors (Lipinski definition) is 4. The second kappa shape index (κ2) is 7.74. The van der Waals surface area contributed by atoms with Crippen molar-refractivity contribution in [3.63, 3.8) is 0 Å². The average molecular weight is 269 g/mol. The van der Waals surface area contributed by atoms with Crippen LogP contribution in [0.25, 0.3) is 0 Å². The number of hydrogen-bond donors (Lipinski definition) is 1. The number of aromatic nitrogens is 1. The molecule has 1 aromatic heterocycles. The van der Waals surface area contributed by atoms with Crippen LogP contribution in [0.3, 0.4) is 0 Å². The predicted octanol–water partition coefficient (Wildman–Crippen LogP) is 3.30. The highest BCUT2D eigenvalue weighted by molar-refractivity contribution is 7.15. The van der Waals surface area contributed by atoms with E-state index in [2.05, 4.69) is 44.8 Å². The fraction of sp³-hybridized carbons (Fsp3) is 0.786. The smallest absolute Gasteiger partial charge is 0.185 e. The first-order valence-corrected chi connectivity index (χ1v) is 7.88. The van der Waals surface area contributed by atoms with Gasteiger partial charge >= 0.3 is 0 Å². The van der Waals surface area contributed by atoms with Crippen molar-refractivity contribution in [2.75, 3.05) is 24.5 Å². The van der Waals surface area contributed by atoms with Gasteiger partial charge in [-0.15, -0.1) is 11.3 Å². The van der Waals surface area contributed by atoms with Crippen molar-refractivity contribution in [2.24, 2.45) is 5.92 Å². The van der Waals surface area contributed by atoms with E-state index < -0.39 is 0 Å². The molecule has 1 rings (SSSR count). The summed E-state index contributed by atoms with van der Waals surface area (Å²) in [5.41, 5.74) is 1.26. The van der Waals surface area contributed by atoms with Gasteiger partial charge in [-0.3, -0.25) is 0 Å². The lowest BCUT2D eigenvalue weighted by atomic mass is 10.2. The molecule has 18 heavy (non-hydrogen) atoms. The van der Waals surface area contributed by atoms with E-state index in [1.165, 1.54) is 15.7 Å². The third-order valence-corrected chi connectivity index (χ3v) is 4.03. The molecule has 0 spiro atoms. The zero-order valence-corrected chi connectivity index (χ0v) is 13.2. The summed E-state index contributed by atoms with van der Waals surface area (Å²) in [5.74, 6) is 0.677. The van der Waals surface area contributed by atoms with Crippen LogP contribution >= 0.6 is 11.3 Å². The van der Waals surface area contributed by atoms with Gasteiger partial charge in [-0.2, -0.15) is 0 Å². The number of nitrogens with zero attached hydrogens (tertiary/aromatic N) is 2. The maximum absolute atomic E-state index is 4.81. The van der Waals surface area contributed by atoms with Crippen LogP contribution in [0.4, 0.5) is 5.13 Å². The molecule has 0 aromatic carbocycles. The van der Waals surface area contributed by atoms with E-state index in [-0.39, 0.29) is 0 Å². The van der Waals surface area contributed by atoms with Crippen LogP contribution in [0, 0.1) is 5.92 Å². The van der Waals surface area contributed by atoms with Gasteiger partial charge in [0.1, 0.15) is 0 Å². The van der Waals surface area contributed by atoms with Crippen molar-refractivity contribution in [1.29, 1.82) is 0 Å². The number of nitrogens with one attached hydrogen (secondary N) is 1. The molecule has 0 fully saturated rings. The molecule has 0 atom stereocenters. The van der Waals surface area contributed by atoms with Crippen molar-refractivity contribution < 1.29 is 0 Å². The minimum atomic E-state index is 0.677. The topological polar surface area (TPSA) is 28.2 Å². The second-order valence-electron chi connectivity index (χ2n) is 4.93. The van der Waals surface area contributed by atoms with Crippen LogP contribution in [0.2, 0.25) is 0 Å². The van der Waals surface area contributed by atoms with Crippen LogP contribution in [0.15, 0.2) is 0 Å². The minimum absolute atomic E-state index is 0.677. The van der Waals surface area contributed by atoms with E-state index in [9.17, 15) is 0 Å². The summed E-state index contributed by atoms with van der Waals surface area (Å²) in [6.45, 7) is 15.2. The predicted molar refractivity (Wildman–Crippen MR) is 81.6 cm³/mol. The van der Waals surface area contributed by atoms with Crippen LogP contribution in [-0.2, 0) is 13.0 Å². The zero-order chi connectivity index (χ0) is 13.5. The Morgan fingerprint density at radius 3 is 2.50 bits per heavy atom. The molecule has 0 unspecified atom stereocenters.